The Morgan fingerprint density at radius 2 is 2.23 bits per heavy atom. The van der Waals surface area contributed by atoms with Crippen LogP contribution >= 0.6 is 0 Å². The first kappa shape index (κ1) is 21.8. The highest BCUT2D eigenvalue weighted by atomic mass is 16.5. The summed E-state index contributed by atoms with van der Waals surface area (Å²) < 4.78 is 13.4. The number of hydrogen-bond donors (Lipinski definition) is 1. The molecule has 3 rings (SSSR count). The molecule has 1 aliphatic heterocycles. The molecule has 160 valence electrons. The molecular weight excluding hydrogens is 380 g/mol. The number of carbonyl (C=O) groups excluding carboxylic acids is 1. The lowest BCUT2D eigenvalue weighted by molar-refractivity contribution is -0.116. The van der Waals surface area contributed by atoms with Crippen LogP contribution in [0.1, 0.15) is 48.2 Å². The van der Waals surface area contributed by atoms with Crippen molar-refractivity contribution >= 4 is 11.6 Å². The summed E-state index contributed by atoms with van der Waals surface area (Å²) in [6.45, 7) is 7.79. The molecule has 0 aliphatic carbocycles. The van der Waals surface area contributed by atoms with Gasteiger partial charge in [0.1, 0.15) is 12.4 Å². The van der Waals surface area contributed by atoms with Crippen LogP contribution in [0.5, 0.6) is 5.75 Å². The van der Waals surface area contributed by atoms with Crippen LogP contribution in [-0.4, -0.2) is 35.0 Å². The molecule has 1 atom stereocenters. The van der Waals surface area contributed by atoms with Crippen LogP contribution in [0.4, 0.5) is 5.69 Å². The predicted molar refractivity (Wildman–Crippen MR) is 115 cm³/mol. The van der Waals surface area contributed by atoms with Crippen molar-refractivity contribution in [2.45, 2.75) is 65.5 Å². The molecule has 2 aromatic rings. The standard InChI is InChI=1S/C23H30N4O3/c1-16-7-9-21(22(14-16)30-15-19-6-4-13-29-19)25-23(28)10-8-20-17(2)26-27(18(20)3)12-5-11-24/h7,9,14,19H,4-6,8,10,12-13,15H2,1-3H3,(H,25,28). The summed E-state index contributed by atoms with van der Waals surface area (Å²) in [5, 5.41) is 16.3. The molecule has 1 fully saturated rings. The van der Waals surface area contributed by atoms with Gasteiger partial charge in [0.05, 0.1) is 36.5 Å². The zero-order valence-corrected chi connectivity index (χ0v) is 18.0. The Labute approximate surface area is 178 Å². The maximum Gasteiger partial charge on any atom is 0.224 e. The molecule has 1 aliphatic rings. The maximum atomic E-state index is 12.6. The molecule has 1 N–H and O–H groups in total. The Balaban J connectivity index is 1.60. The van der Waals surface area contributed by atoms with Gasteiger partial charge in [0, 0.05) is 18.7 Å². The zero-order valence-electron chi connectivity index (χ0n) is 18.0. The highest BCUT2D eigenvalue weighted by molar-refractivity contribution is 5.92. The lowest BCUT2D eigenvalue weighted by atomic mass is 10.1. The molecule has 0 radical (unpaired) electrons. The minimum atomic E-state index is -0.0654. The molecule has 2 heterocycles. The first-order valence-corrected chi connectivity index (χ1v) is 10.5. The number of nitrogens with one attached hydrogen (secondary N) is 1. The second kappa shape index (κ2) is 10.3. The summed E-state index contributed by atoms with van der Waals surface area (Å²) in [4.78, 5) is 12.6. The predicted octanol–water partition coefficient (Wildman–Crippen LogP) is 3.85. The average Bonchev–Trinajstić information content (AvgIpc) is 3.33. The monoisotopic (exact) mass is 410 g/mol. The molecule has 1 amide bonds. The lowest BCUT2D eigenvalue weighted by Crippen LogP contribution is -2.18. The second-order valence-corrected chi connectivity index (χ2v) is 7.77. The lowest BCUT2D eigenvalue weighted by Gasteiger charge is -2.16. The Kier molecular flexibility index (Phi) is 7.47. The van der Waals surface area contributed by atoms with E-state index in [0.29, 0.717) is 43.9 Å². The first-order chi connectivity index (χ1) is 14.5. The topological polar surface area (TPSA) is 89.2 Å². The molecule has 7 heteroatoms. The third-order valence-corrected chi connectivity index (χ3v) is 5.43. The van der Waals surface area contributed by atoms with Gasteiger partial charge in [-0.05, 0) is 63.3 Å². The minimum Gasteiger partial charge on any atom is -0.489 e. The Bertz CT molecular complexity index is 923. The van der Waals surface area contributed by atoms with E-state index >= 15 is 0 Å². The van der Waals surface area contributed by atoms with Gasteiger partial charge in [0.2, 0.25) is 5.91 Å². The van der Waals surface area contributed by atoms with Crippen LogP contribution in [0, 0.1) is 32.1 Å². The van der Waals surface area contributed by atoms with Crippen molar-refractivity contribution in [3.05, 3.63) is 40.7 Å². The fraction of sp³-hybridized carbons (Fsp3) is 0.522. The van der Waals surface area contributed by atoms with E-state index in [1.807, 2.05) is 43.7 Å². The number of rotatable bonds is 9. The summed E-state index contributed by atoms with van der Waals surface area (Å²) in [7, 11) is 0. The van der Waals surface area contributed by atoms with Crippen molar-refractivity contribution in [2.24, 2.45) is 0 Å². The molecule has 0 spiro atoms. The first-order valence-electron chi connectivity index (χ1n) is 10.5. The van der Waals surface area contributed by atoms with Gasteiger partial charge in [0.25, 0.3) is 0 Å². The maximum absolute atomic E-state index is 12.6. The van der Waals surface area contributed by atoms with Crippen LogP contribution in [-0.2, 0) is 22.5 Å². The SMILES string of the molecule is Cc1ccc(NC(=O)CCc2c(C)nn(CCC#N)c2C)c(OCC2CCCO2)c1. The highest BCUT2D eigenvalue weighted by Gasteiger charge is 2.18. The zero-order chi connectivity index (χ0) is 21.5. The average molecular weight is 411 g/mol. The van der Waals surface area contributed by atoms with Gasteiger partial charge in [-0.1, -0.05) is 6.07 Å². The van der Waals surface area contributed by atoms with E-state index in [0.717, 1.165) is 42.0 Å². The van der Waals surface area contributed by atoms with Crippen LogP contribution in [0.2, 0.25) is 0 Å². The minimum absolute atomic E-state index is 0.0654. The third-order valence-electron chi connectivity index (χ3n) is 5.43. The van der Waals surface area contributed by atoms with Crippen molar-refractivity contribution in [3.8, 4) is 11.8 Å². The number of nitriles is 1. The van der Waals surface area contributed by atoms with E-state index < -0.39 is 0 Å². The number of hydrogen-bond acceptors (Lipinski definition) is 5. The molecular formula is C23H30N4O3. The van der Waals surface area contributed by atoms with E-state index in [9.17, 15) is 4.79 Å². The number of anilines is 1. The number of carbonyl (C=O) groups is 1. The molecule has 30 heavy (non-hydrogen) atoms. The molecule has 1 aromatic heterocycles. The fourth-order valence-electron chi connectivity index (χ4n) is 3.73. The Morgan fingerprint density at radius 3 is 2.97 bits per heavy atom. The van der Waals surface area contributed by atoms with Crippen molar-refractivity contribution in [1.82, 2.24) is 9.78 Å². The molecule has 0 saturated carbocycles. The van der Waals surface area contributed by atoms with E-state index in [1.165, 1.54) is 0 Å². The van der Waals surface area contributed by atoms with Gasteiger partial charge >= 0.3 is 0 Å². The fourth-order valence-corrected chi connectivity index (χ4v) is 3.73. The molecule has 0 bridgehead atoms. The number of ether oxygens (including phenoxy) is 2. The number of benzene rings is 1. The van der Waals surface area contributed by atoms with Gasteiger partial charge in [-0.2, -0.15) is 10.4 Å². The van der Waals surface area contributed by atoms with Crippen molar-refractivity contribution in [2.75, 3.05) is 18.5 Å². The van der Waals surface area contributed by atoms with Crippen molar-refractivity contribution in [1.29, 1.82) is 5.26 Å². The molecule has 1 saturated heterocycles. The van der Waals surface area contributed by atoms with E-state index in [1.54, 1.807) is 0 Å². The molecule has 1 unspecified atom stereocenters. The summed E-state index contributed by atoms with van der Waals surface area (Å²) >= 11 is 0. The summed E-state index contributed by atoms with van der Waals surface area (Å²) in [5.41, 5.74) is 4.76. The Morgan fingerprint density at radius 1 is 1.40 bits per heavy atom. The van der Waals surface area contributed by atoms with Gasteiger partial charge < -0.3 is 14.8 Å². The molecule has 1 aromatic carbocycles. The van der Waals surface area contributed by atoms with E-state index in [-0.39, 0.29) is 12.0 Å². The van der Waals surface area contributed by atoms with Gasteiger partial charge in [-0.3, -0.25) is 9.48 Å². The smallest absolute Gasteiger partial charge is 0.224 e. The van der Waals surface area contributed by atoms with Crippen LogP contribution in [0.25, 0.3) is 0 Å². The van der Waals surface area contributed by atoms with Crippen LogP contribution in [0.15, 0.2) is 18.2 Å². The highest BCUT2D eigenvalue weighted by Crippen LogP contribution is 2.27. The van der Waals surface area contributed by atoms with Crippen LogP contribution < -0.4 is 10.1 Å². The normalized spacial score (nSPS) is 15.7. The number of amides is 1. The summed E-state index contributed by atoms with van der Waals surface area (Å²) in [6.07, 6.45) is 3.58. The summed E-state index contributed by atoms with van der Waals surface area (Å²) in [5.74, 6) is 0.611. The van der Waals surface area contributed by atoms with Gasteiger partial charge in [-0.15, -0.1) is 0 Å². The third kappa shape index (κ3) is 5.61. The van der Waals surface area contributed by atoms with Crippen molar-refractivity contribution < 1.29 is 14.3 Å². The number of nitrogens with zero attached hydrogens (tertiary/aromatic N) is 3. The number of aromatic nitrogens is 2. The summed E-state index contributed by atoms with van der Waals surface area (Å²) in [6, 6.07) is 7.93. The van der Waals surface area contributed by atoms with Crippen molar-refractivity contribution in [3.63, 3.8) is 0 Å². The van der Waals surface area contributed by atoms with Gasteiger partial charge in [-0.25, -0.2) is 0 Å². The largest absolute Gasteiger partial charge is 0.489 e. The van der Waals surface area contributed by atoms with Gasteiger partial charge in [0.15, 0.2) is 0 Å². The second-order valence-electron chi connectivity index (χ2n) is 7.77. The quantitative estimate of drug-likeness (QED) is 0.678. The van der Waals surface area contributed by atoms with Crippen LogP contribution in [0.3, 0.4) is 0 Å². The Hall–Kier alpha value is -2.85. The molecule has 7 nitrogen and oxygen atoms in total. The van der Waals surface area contributed by atoms with E-state index in [4.69, 9.17) is 14.7 Å². The number of aryl methyl sites for hydroxylation is 3. The van der Waals surface area contributed by atoms with E-state index in [2.05, 4.69) is 16.5 Å².